The Kier molecular flexibility index (Phi) is 2.19. The van der Waals surface area contributed by atoms with Gasteiger partial charge in [0.2, 0.25) is 0 Å². The SMILES string of the molecule is Cc1cnc(-n2cnc(C)c2C)c(N)c1. The molecule has 4 heteroatoms. The Bertz CT molecular complexity index is 499. The largest absolute Gasteiger partial charge is 0.396 e. The van der Waals surface area contributed by atoms with Gasteiger partial charge in [-0.2, -0.15) is 0 Å². The fourth-order valence-electron chi connectivity index (χ4n) is 1.50. The number of nitrogens with zero attached hydrogens (tertiary/aromatic N) is 3. The lowest BCUT2D eigenvalue weighted by Crippen LogP contribution is -2.03. The minimum absolute atomic E-state index is 0.676. The molecule has 0 amide bonds. The number of nitrogens with two attached hydrogens (primary N) is 1. The van der Waals surface area contributed by atoms with E-state index < -0.39 is 0 Å². The highest BCUT2D eigenvalue weighted by molar-refractivity contribution is 5.54. The number of anilines is 1. The zero-order valence-electron chi connectivity index (χ0n) is 9.15. The third-order valence-corrected chi connectivity index (χ3v) is 2.51. The number of hydrogen-bond acceptors (Lipinski definition) is 3. The molecule has 0 aliphatic rings. The molecule has 2 aromatic heterocycles. The molecule has 0 bridgehead atoms. The molecule has 0 radical (unpaired) electrons. The topological polar surface area (TPSA) is 56.7 Å². The first-order valence-electron chi connectivity index (χ1n) is 4.82. The molecule has 78 valence electrons. The van der Waals surface area contributed by atoms with Crippen molar-refractivity contribution in [2.75, 3.05) is 5.73 Å². The molecule has 0 aliphatic heterocycles. The van der Waals surface area contributed by atoms with Crippen molar-refractivity contribution in [3.8, 4) is 5.82 Å². The van der Waals surface area contributed by atoms with Gasteiger partial charge in [0.25, 0.3) is 0 Å². The molecule has 0 saturated carbocycles. The van der Waals surface area contributed by atoms with Crippen LogP contribution < -0.4 is 5.73 Å². The van der Waals surface area contributed by atoms with Crippen molar-refractivity contribution in [2.24, 2.45) is 0 Å². The highest BCUT2D eigenvalue weighted by Crippen LogP contribution is 2.18. The summed E-state index contributed by atoms with van der Waals surface area (Å²) >= 11 is 0. The smallest absolute Gasteiger partial charge is 0.161 e. The van der Waals surface area contributed by atoms with E-state index in [2.05, 4.69) is 9.97 Å². The van der Waals surface area contributed by atoms with E-state index >= 15 is 0 Å². The second-order valence-corrected chi connectivity index (χ2v) is 3.71. The van der Waals surface area contributed by atoms with E-state index in [1.165, 1.54) is 0 Å². The van der Waals surface area contributed by atoms with Crippen molar-refractivity contribution in [3.05, 3.63) is 35.5 Å². The predicted octanol–water partition coefficient (Wildman–Crippen LogP) is 1.77. The lowest BCUT2D eigenvalue weighted by Gasteiger charge is -2.08. The van der Waals surface area contributed by atoms with Crippen LogP contribution in [0.2, 0.25) is 0 Å². The van der Waals surface area contributed by atoms with Gasteiger partial charge in [-0.05, 0) is 32.4 Å². The molecule has 0 saturated heterocycles. The summed E-state index contributed by atoms with van der Waals surface area (Å²) in [5, 5.41) is 0. The molecule has 2 heterocycles. The lowest BCUT2D eigenvalue weighted by molar-refractivity contribution is 0.951. The molecule has 0 spiro atoms. The van der Waals surface area contributed by atoms with E-state index in [1.807, 2.05) is 31.4 Å². The number of imidazole rings is 1. The molecule has 0 fully saturated rings. The van der Waals surface area contributed by atoms with Crippen LogP contribution in [0.15, 0.2) is 18.6 Å². The maximum Gasteiger partial charge on any atom is 0.161 e. The van der Waals surface area contributed by atoms with Crippen molar-refractivity contribution >= 4 is 5.69 Å². The van der Waals surface area contributed by atoms with Gasteiger partial charge in [-0.3, -0.25) is 4.57 Å². The number of pyridine rings is 1. The quantitative estimate of drug-likeness (QED) is 0.766. The molecule has 15 heavy (non-hydrogen) atoms. The van der Waals surface area contributed by atoms with Crippen LogP contribution in [0.25, 0.3) is 5.82 Å². The van der Waals surface area contributed by atoms with Crippen LogP contribution in [-0.4, -0.2) is 14.5 Å². The fraction of sp³-hybridized carbons (Fsp3) is 0.273. The van der Waals surface area contributed by atoms with Crippen molar-refractivity contribution in [3.63, 3.8) is 0 Å². The first-order valence-corrected chi connectivity index (χ1v) is 4.82. The van der Waals surface area contributed by atoms with E-state index in [1.54, 1.807) is 12.5 Å². The van der Waals surface area contributed by atoms with Crippen molar-refractivity contribution in [2.45, 2.75) is 20.8 Å². The number of aryl methyl sites for hydroxylation is 2. The van der Waals surface area contributed by atoms with Gasteiger partial charge in [0.15, 0.2) is 5.82 Å². The zero-order valence-corrected chi connectivity index (χ0v) is 9.15. The summed E-state index contributed by atoms with van der Waals surface area (Å²) in [6, 6.07) is 1.91. The van der Waals surface area contributed by atoms with Crippen LogP contribution in [0, 0.1) is 20.8 Å². The third kappa shape index (κ3) is 1.58. The molecule has 0 aromatic carbocycles. The Morgan fingerprint density at radius 2 is 1.93 bits per heavy atom. The van der Waals surface area contributed by atoms with Gasteiger partial charge in [-0.15, -0.1) is 0 Å². The van der Waals surface area contributed by atoms with Crippen LogP contribution in [0.5, 0.6) is 0 Å². The monoisotopic (exact) mass is 202 g/mol. The number of hydrogen-bond donors (Lipinski definition) is 1. The van der Waals surface area contributed by atoms with Crippen LogP contribution >= 0.6 is 0 Å². The molecule has 2 aromatic rings. The van der Waals surface area contributed by atoms with E-state index in [0.717, 1.165) is 22.8 Å². The normalized spacial score (nSPS) is 10.6. The van der Waals surface area contributed by atoms with Crippen molar-refractivity contribution < 1.29 is 0 Å². The van der Waals surface area contributed by atoms with Gasteiger partial charge < -0.3 is 5.73 Å². The maximum atomic E-state index is 5.92. The Labute approximate surface area is 88.8 Å². The zero-order chi connectivity index (χ0) is 11.0. The summed E-state index contributed by atoms with van der Waals surface area (Å²) in [6.07, 6.45) is 3.55. The minimum atomic E-state index is 0.676. The van der Waals surface area contributed by atoms with E-state index in [0.29, 0.717) is 5.69 Å². The third-order valence-electron chi connectivity index (χ3n) is 2.51. The molecule has 0 aliphatic carbocycles. The second-order valence-electron chi connectivity index (χ2n) is 3.71. The van der Waals surface area contributed by atoms with E-state index in [-0.39, 0.29) is 0 Å². The van der Waals surface area contributed by atoms with E-state index in [4.69, 9.17) is 5.73 Å². The summed E-state index contributed by atoms with van der Waals surface area (Å²) in [6.45, 7) is 5.94. The Balaban J connectivity index is 2.59. The minimum Gasteiger partial charge on any atom is -0.396 e. The Morgan fingerprint density at radius 3 is 2.47 bits per heavy atom. The molecule has 2 rings (SSSR count). The van der Waals surface area contributed by atoms with Crippen LogP contribution in [-0.2, 0) is 0 Å². The number of aromatic nitrogens is 3. The standard InChI is InChI=1S/C11H14N4/c1-7-4-10(12)11(13-5-7)15-6-14-8(2)9(15)3/h4-6H,12H2,1-3H3. The molecule has 2 N–H and O–H groups in total. The van der Waals surface area contributed by atoms with Crippen molar-refractivity contribution in [1.82, 2.24) is 14.5 Å². The van der Waals surface area contributed by atoms with Crippen molar-refractivity contribution in [1.29, 1.82) is 0 Å². The summed E-state index contributed by atoms with van der Waals surface area (Å²) in [4.78, 5) is 8.54. The average molecular weight is 202 g/mol. The molecule has 0 unspecified atom stereocenters. The molecular weight excluding hydrogens is 188 g/mol. The molecule has 4 nitrogen and oxygen atoms in total. The highest BCUT2D eigenvalue weighted by Gasteiger charge is 2.08. The van der Waals surface area contributed by atoms with Crippen LogP contribution in [0.4, 0.5) is 5.69 Å². The van der Waals surface area contributed by atoms with Crippen LogP contribution in [0.1, 0.15) is 17.0 Å². The Morgan fingerprint density at radius 1 is 1.20 bits per heavy atom. The predicted molar refractivity (Wildman–Crippen MR) is 60.0 cm³/mol. The average Bonchev–Trinajstić information content (AvgIpc) is 2.49. The highest BCUT2D eigenvalue weighted by atomic mass is 15.1. The van der Waals surface area contributed by atoms with Gasteiger partial charge in [-0.1, -0.05) is 0 Å². The Hall–Kier alpha value is -1.84. The summed E-state index contributed by atoms with van der Waals surface area (Å²) in [7, 11) is 0. The first kappa shape index (κ1) is 9.71. The fourth-order valence-corrected chi connectivity index (χ4v) is 1.50. The van der Waals surface area contributed by atoms with Gasteiger partial charge >= 0.3 is 0 Å². The summed E-state index contributed by atoms with van der Waals surface area (Å²) < 4.78 is 1.91. The van der Waals surface area contributed by atoms with Crippen LogP contribution in [0.3, 0.4) is 0 Å². The van der Waals surface area contributed by atoms with Gasteiger partial charge in [0.1, 0.15) is 6.33 Å². The molecular formula is C11H14N4. The van der Waals surface area contributed by atoms with Gasteiger partial charge in [-0.25, -0.2) is 9.97 Å². The maximum absolute atomic E-state index is 5.92. The summed E-state index contributed by atoms with van der Waals surface area (Å²) in [5.41, 5.74) is 9.72. The number of nitrogen functional groups attached to an aromatic ring is 1. The first-order chi connectivity index (χ1) is 7.09. The summed E-state index contributed by atoms with van der Waals surface area (Å²) in [5.74, 6) is 0.749. The second kappa shape index (κ2) is 3.38. The van der Waals surface area contributed by atoms with E-state index in [9.17, 15) is 0 Å². The number of rotatable bonds is 1. The lowest BCUT2D eigenvalue weighted by atomic mass is 10.3. The van der Waals surface area contributed by atoms with Gasteiger partial charge in [0.05, 0.1) is 11.4 Å². The molecule has 0 atom stereocenters. The van der Waals surface area contributed by atoms with Gasteiger partial charge in [0, 0.05) is 11.9 Å².